The molecular weight excluding hydrogens is 352 g/mol. The lowest BCUT2D eigenvalue weighted by molar-refractivity contribution is 0.203. The van der Waals surface area contributed by atoms with E-state index in [1.165, 1.54) is 5.56 Å². The maximum Gasteiger partial charge on any atom is 0.317 e. The summed E-state index contributed by atoms with van der Waals surface area (Å²) in [6.07, 6.45) is 4.52. The predicted molar refractivity (Wildman–Crippen MR) is 109 cm³/mol. The van der Waals surface area contributed by atoms with Crippen molar-refractivity contribution in [3.8, 4) is 5.75 Å². The second-order valence-electron chi connectivity index (χ2n) is 6.63. The van der Waals surface area contributed by atoms with Crippen molar-refractivity contribution in [2.75, 3.05) is 20.2 Å². The third kappa shape index (κ3) is 6.16. The number of aromatic nitrogens is 2. The molecule has 0 spiro atoms. The van der Waals surface area contributed by atoms with Crippen molar-refractivity contribution in [3.63, 3.8) is 0 Å². The summed E-state index contributed by atoms with van der Waals surface area (Å²) in [5.74, 6) is 0.849. The molecule has 1 aromatic heterocycles. The quantitative estimate of drug-likeness (QED) is 0.580. The Labute approximate surface area is 165 Å². The largest absolute Gasteiger partial charge is 0.494 e. The minimum Gasteiger partial charge on any atom is -0.494 e. The third-order valence-corrected chi connectivity index (χ3v) is 4.31. The molecule has 2 aromatic carbocycles. The lowest BCUT2D eigenvalue weighted by Crippen LogP contribution is -2.37. The van der Waals surface area contributed by atoms with Crippen LogP contribution in [-0.4, -0.2) is 40.9 Å². The molecule has 0 fully saturated rings. The number of carbonyl (C=O) groups excluding carboxylic acids is 1. The van der Waals surface area contributed by atoms with Gasteiger partial charge in [-0.05, 0) is 24.1 Å². The Kier molecular flexibility index (Phi) is 7.07. The fourth-order valence-electron chi connectivity index (χ4n) is 2.78. The lowest BCUT2D eigenvalue weighted by Gasteiger charge is -2.17. The summed E-state index contributed by atoms with van der Waals surface area (Å²) in [5, 5.41) is 7.29. The summed E-state index contributed by atoms with van der Waals surface area (Å²) in [4.78, 5) is 13.9. The van der Waals surface area contributed by atoms with Crippen molar-refractivity contribution in [1.82, 2.24) is 20.0 Å². The minimum atomic E-state index is -0.101. The summed E-state index contributed by atoms with van der Waals surface area (Å²) >= 11 is 0. The average Bonchev–Trinajstić information content (AvgIpc) is 3.18. The van der Waals surface area contributed by atoms with Gasteiger partial charge >= 0.3 is 6.03 Å². The highest BCUT2D eigenvalue weighted by Gasteiger charge is 2.08. The number of para-hydroxylation sites is 1. The van der Waals surface area contributed by atoms with Crippen molar-refractivity contribution in [2.45, 2.75) is 19.5 Å². The first-order chi connectivity index (χ1) is 13.7. The molecule has 3 rings (SSSR count). The van der Waals surface area contributed by atoms with Gasteiger partial charge < -0.3 is 15.0 Å². The Bertz CT molecular complexity index is 849. The molecule has 6 nitrogen and oxygen atoms in total. The number of nitrogens with zero attached hydrogens (tertiary/aromatic N) is 3. The van der Waals surface area contributed by atoms with Crippen LogP contribution >= 0.6 is 0 Å². The fraction of sp³-hybridized carbons (Fsp3) is 0.273. The summed E-state index contributed by atoms with van der Waals surface area (Å²) < 4.78 is 7.52. The Hall–Kier alpha value is -3.28. The number of benzene rings is 2. The molecule has 0 saturated heterocycles. The van der Waals surface area contributed by atoms with Crippen LogP contribution < -0.4 is 10.1 Å². The molecule has 3 aromatic rings. The van der Waals surface area contributed by atoms with E-state index in [1.54, 1.807) is 18.1 Å². The topological polar surface area (TPSA) is 59.4 Å². The van der Waals surface area contributed by atoms with Gasteiger partial charge in [0.25, 0.3) is 0 Å². The maximum absolute atomic E-state index is 12.2. The number of amides is 2. The van der Waals surface area contributed by atoms with E-state index in [-0.39, 0.29) is 6.03 Å². The van der Waals surface area contributed by atoms with Crippen LogP contribution in [0.25, 0.3) is 0 Å². The standard InChI is InChI=1S/C22H26N4O2/c1-25(13-8-14-28-21-11-6-3-7-12-21)22(27)23-15-20-16-24-26(18-20)17-19-9-4-2-5-10-19/h2-7,9-12,16,18H,8,13-15,17H2,1H3,(H,23,27). The Morgan fingerprint density at radius 2 is 1.79 bits per heavy atom. The van der Waals surface area contributed by atoms with Crippen LogP contribution in [0.2, 0.25) is 0 Å². The number of ether oxygens (including phenoxy) is 1. The average molecular weight is 378 g/mol. The highest BCUT2D eigenvalue weighted by molar-refractivity contribution is 5.73. The molecule has 0 atom stereocenters. The van der Waals surface area contributed by atoms with E-state index in [2.05, 4.69) is 22.5 Å². The normalized spacial score (nSPS) is 10.5. The molecule has 28 heavy (non-hydrogen) atoms. The lowest BCUT2D eigenvalue weighted by atomic mass is 10.2. The number of hydrogen-bond acceptors (Lipinski definition) is 3. The number of carbonyl (C=O) groups is 1. The second-order valence-corrected chi connectivity index (χ2v) is 6.63. The first-order valence-electron chi connectivity index (χ1n) is 9.43. The van der Waals surface area contributed by atoms with Gasteiger partial charge in [-0.3, -0.25) is 4.68 Å². The van der Waals surface area contributed by atoms with Gasteiger partial charge in [0.15, 0.2) is 0 Å². The number of rotatable bonds is 9. The minimum absolute atomic E-state index is 0.101. The van der Waals surface area contributed by atoms with E-state index in [1.807, 2.05) is 59.4 Å². The van der Waals surface area contributed by atoms with Crippen molar-refractivity contribution in [1.29, 1.82) is 0 Å². The Morgan fingerprint density at radius 3 is 2.54 bits per heavy atom. The summed E-state index contributed by atoms with van der Waals surface area (Å²) in [6, 6.07) is 19.8. The number of nitrogens with one attached hydrogen (secondary N) is 1. The van der Waals surface area contributed by atoms with E-state index in [4.69, 9.17) is 4.74 Å². The van der Waals surface area contributed by atoms with Gasteiger partial charge in [0.1, 0.15) is 5.75 Å². The van der Waals surface area contributed by atoms with E-state index in [0.717, 1.165) is 24.3 Å². The fourth-order valence-corrected chi connectivity index (χ4v) is 2.78. The van der Waals surface area contributed by atoms with Gasteiger partial charge in [0.2, 0.25) is 0 Å². The number of urea groups is 1. The summed E-state index contributed by atoms with van der Waals surface area (Å²) in [5.41, 5.74) is 2.17. The van der Waals surface area contributed by atoms with Crippen molar-refractivity contribution in [3.05, 3.63) is 84.2 Å². The molecule has 0 aliphatic rings. The van der Waals surface area contributed by atoms with Crippen LogP contribution in [-0.2, 0) is 13.1 Å². The van der Waals surface area contributed by atoms with E-state index < -0.39 is 0 Å². The van der Waals surface area contributed by atoms with Crippen LogP contribution in [0.4, 0.5) is 4.79 Å². The molecular formula is C22H26N4O2. The van der Waals surface area contributed by atoms with Gasteiger partial charge in [-0.1, -0.05) is 48.5 Å². The van der Waals surface area contributed by atoms with Crippen LogP contribution in [0, 0.1) is 0 Å². The van der Waals surface area contributed by atoms with Crippen LogP contribution in [0.5, 0.6) is 5.75 Å². The SMILES string of the molecule is CN(CCCOc1ccccc1)C(=O)NCc1cnn(Cc2ccccc2)c1. The molecule has 0 radical (unpaired) electrons. The molecule has 6 heteroatoms. The van der Waals surface area contributed by atoms with Crippen molar-refractivity contribution >= 4 is 6.03 Å². The molecule has 0 bridgehead atoms. The molecule has 0 saturated carbocycles. The highest BCUT2D eigenvalue weighted by atomic mass is 16.5. The van der Waals surface area contributed by atoms with Crippen molar-refractivity contribution < 1.29 is 9.53 Å². The first kappa shape index (κ1) is 19.5. The predicted octanol–water partition coefficient (Wildman–Crippen LogP) is 3.54. The third-order valence-electron chi connectivity index (χ3n) is 4.31. The van der Waals surface area contributed by atoms with Gasteiger partial charge in [-0.2, -0.15) is 5.10 Å². The van der Waals surface area contributed by atoms with Gasteiger partial charge in [0, 0.05) is 31.9 Å². The van der Waals surface area contributed by atoms with E-state index in [0.29, 0.717) is 19.7 Å². The van der Waals surface area contributed by atoms with Crippen molar-refractivity contribution in [2.24, 2.45) is 0 Å². The summed E-state index contributed by atoms with van der Waals surface area (Å²) in [7, 11) is 1.79. The molecule has 0 unspecified atom stereocenters. The highest BCUT2D eigenvalue weighted by Crippen LogP contribution is 2.08. The van der Waals surface area contributed by atoms with Gasteiger partial charge in [0.05, 0.1) is 19.3 Å². The monoisotopic (exact) mass is 378 g/mol. The first-order valence-corrected chi connectivity index (χ1v) is 9.43. The van der Waals surface area contributed by atoms with Gasteiger partial charge in [-0.15, -0.1) is 0 Å². The molecule has 146 valence electrons. The summed E-state index contributed by atoms with van der Waals surface area (Å²) in [6.45, 7) is 2.38. The molecule has 2 amide bonds. The Balaban J connectivity index is 1.35. The molecule has 1 N–H and O–H groups in total. The van der Waals surface area contributed by atoms with Crippen LogP contribution in [0.3, 0.4) is 0 Å². The van der Waals surface area contributed by atoms with E-state index >= 15 is 0 Å². The Morgan fingerprint density at radius 1 is 1.07 bits per heavy atom. The molecule has 0 aliphatic heterocycles. The molecule has 1 heterocycles. The van der Waals surface area contributed by atoms with Crippen LogP contribution in [0.15, 0.2) is 73.1 Å². The second kappa shape index (κ2) is 10.2. The van der Waals surface area contributed by atoms with Gasteiger partial charge in [-0.25, -0.2) is 4.79 Å². The zero-order valence-corrected chi connectivity index (χ0v) is 16.1. The zero-order chi connectivity index (χ0) is 19.6. The maximum atomic E-state index is 12.2. The number of hydrogen-bond donors (Lipinski definition) is 1. The smallest absolute Gasteiger partial charge is 0.317 e. The molecule has 0 aliphatic carbocycles. The zero-order valence-electron chi connectivity index (χ0n) is 16.1. The van der Waals surface area contributed by atoms with E-state index in [9.17, 15) is 4.79 Å². The van der Waals surface area contributed by atoms with Crippen LogP contribution in [0.1, 0.15) is 17.5 Å².